The van der Waals surface area contributed by atoms with Crippen molar-refractivity contribution in [2.45, 2.75) is 24.5 Å². The number of fused-ring (bicyclic) bond motifs is 1. The van der Waals surface area contributed by atoms with Crippen LogP contribution in [0.3, 0.4) is 0 Å². The fraction of sp³-hybridized carbons (Fsp3) is 0.120. The smallest absolute Gasteiger partial charge is 0.338 e. The van der Waals surface area contributed by atoms with Gasteiger partial charge in [-0.1, -0.05) is 36.4 Å². The number of hydrogen-bond donors (Lipinski definition) is 2. The summed E-state index contributed by atoms with van der Waals surface area (Å²) in [6.45, 7) is 1.41. The van der Waals surface area contributed by atoms with Crippen molar-refractivity contribution in [2.75, 3.05) is 5.32 Å². The molecule has 1 aromatic heterocycles. The van der Waals surface area contributed by atoms with Crippen molar-refractivity contribution in [2.24, 2.45) is 0 Å². The van der Waals surface area contributed by atoms with E-state index in [9.17, 15) is 18.0 Å². The highest BCUT2D eigenvalue weighted by Gasteiger charge is 2.21. The molecule has 0 aliphatic heterocycles. The normalized spacial score (nSPS) is 12.3. The number of sulfonamides is 1. The highest BCUT2D eigenvalue weighted by Crippen LogP contribution is 2.19. The number of hydrogen-bond acceptors (Lipinski definition) is 6. The van der Waals surface area contributed by atoms with E-state index in [1.165, 1.54) is 37.5 Å². The van der Waals surface area contributed by atoms with Crippen LogP contribution in [0.15, 0.2) is 94.4 Å². The number of carbonyl (C=O) groups is 2. The van der Waals surface area contributed by atoms with Gasteiger partial charge >= 0.3 is 5.97 Å². The molecule has 1 atom stereocenters. The van der Waals surface area contributed by atoms with Gasteiger partial charge in [0.05, 0.1) is 23.3 Å². The van der Waals surface area contributed by atoms with Crippen molar-refractivity contribution in [1.29, 1.82) is 0 Å². The van der Waals surface area contributed by atoms with E-state index in [2.05, 4.69) is 10.0 Å². The van der Waals surface area contributed by atoms with Gasteiger partial charge in [0.1, 0.15) is 5.76 Å². The summed E-state index contributed by atoms with van der Waals surface area (Å²) in [6, 6.07) is 21.9. The topological polar surface area (TPSA) is 115 Å². The van der Waals surface area contributed by atoms with Gasteiger partial charge in [0.2, 0.25) is 10.0 Å². The molecule has 0 bridgehead atoms. The van der Waals surface area contributed by atoms with Crippen LogP contribution < -0.4 is 10.0 Å². The van der Waals surface area contributed by atoms with Crippen LogP contribution in [0.5, 0.6) is 0 Å². The Kier molecular flexibility index (Phi) is 6.76. The first-order valence-electron chi connectivity index (χ1n) is 10.4. The summed E-state index contributed by atoms with van der Waals surface area (Å²) in [5.74, 6) is -0.873. The lowest BCUT2D eigenvalue weighted by Gasteiger charge is -2.14. The number of carbonyl (C=O) groups excluding carboxylic acids is 2. The van der Waals surface area contributed by atoms with Gasteiger partial charge in [-0.05, 0) is 60.2 Å². The molecule has 0 saturated heterocycles. The lowest BCUT2D eigenvalue weighted by Crippen LogP contribution is -2.30. The summed E-state index contributed by atoms with van der Waals surface area (Å²) < 4.78 is 37.9. The van der Waals surface area contributed by atoms with Gasteiger partial charge in [-0.3, -0.25) is 4.79 Å². The molecule has 8 nitrogen and oxygen atoms in total. The van der Waals surface area contributed by atoms with Gasteiger partial charge in [-0.25, -0.2) is 17.9 Å². The van der Waals surface area contributed by atoms with Crippen molar-refractivity contribution in [3.8, 4) is 0 Å². The maximum absolute atomic E-state index is 12.6. The van der Waals surface area contributed by atoms with Crippen LogP contribution in [0.25, 0.3) is 10.8 Å². The fourth-order valence-corrected chi connectivity index (χ4v) is 4.28. The quantitative estimate of drug-likeness (QED) is 0.369. The summed E-state index contributed by atoms with van der Waals surface area (Å²) in [5, 5.41) is 4.72. The molecule has 4 rings (SSSR count). The largest absolute Gasteiger partial charge is 0.468 e. The van der Waals surface area contributed by atoms with E-state index >= 15 is 0 Å². The third-order valence-electron chi connectivity index (χ3n) is 5.07. The molecule has 0 unspecified atom stereocenters. The zero-order chi connectivity index (χ0) is 24.1. The van der Waals surface area contributed by atoms with E-state index < -0.39 is 28.0 Å². The molecule has 9 heteroatoms. The SMILES string of the molecule is C[C@H](OC(=O)c1cccc(S(=O)(=O)NCc2ccco2)c1)C(=O)Nc1ccc2ccccc2c1. The van der Waals surface area contributed by atoms with Crippen molar-refractivity contribution < 1.29 is 27.2 Å². The number of benzene rings is 3. The van der Waals surface area contributed by atoms with Gasteiger partial charge in [-0.15, -0.1) is 0 Å². The summed E-state index contributed by atoms with van der Waals surface area (Å²) >= 11 is 0. The first-order chi connectivity index (χ1) is 16.3. The van der Waals surface area contributed by atoms with Crippen molar-refractivity contribution in [1.82, 2.24) is 4.72 Å². The molecule has 2 N–H and O–H groups in total. The van der Waals surface area contributed by atoms with Crippen LogP contribution in [0.2, 0.25) is 0 Å². The Morgan fingerprint density at radius 3 is 2.50 bits per heavy atom. The molecule has 0 aliphatic carbocycles. The molecule has 0 radical (unpaired) electrons. The average molecular weight is 479 g/mol. The van der Waals surface area contributed by atoms with E-state index in [1.54, 1.807) is 18.2 Å². The zero-order valence-corrected chi connectivity index (χ0v) is 19.0. The standard InChI is InChI=1S/C25H22N2O6S/c1-17(24(28)27-21-12-11-18-6-2-3-7-19(18)14-21)33-25(29)20-8-4-10-23(15-20)34(30,31)26-16-22-9-5-13-32-22/h2-15,17,26H,16H2,1H3,(H,27,28)/t17-/m0/s1. The monoisotopic (exact) mass is 478 g/mol. The van der Waals surface area contributed by atoms with Gasteiger partial charge in [0, 0.05) is 5.69 Å². The van der Waals surface area contributed by atoms with E-state index in [1.807, 2.05) is 36.4 Å². The van der Waals surface area contributed by atoms with Crippen LogP contribution in [0.1, 0.15) is 23.0 Å². The van der Waals surface area contributed by atoms with Gasteiger partial charge in [-0.2, -0.15) is 0 Å². The molecule has 3 aromatic carbocycles. The Hall–Kier alpha value is -3.95. The van der Waals surface area contributed by atoms with Crippen LogP contribution in [-0.4, -0.2) is 26.4 Å². The number of amides is 1. The first kappa shape index (κ1) is 23.2. The lowest BCUT2D eigenvalue weighted by molar-refractivity contribution is -0.123. The lowest BCUT2D eigenvalue weighted by atomic mass is 10.1. The van der Waals surface area contributed by atoms with Crippen molar-refractivity contribution in [3.05, 3.63) is 96.4 Å². The molecule has 1 heterocycles. The fourth-order valence-electron chi connectivity index (χ4n) is 3.25. The minimum absolute atomic E-state index is 0.00577. The van der Waals surface area contributed by atoms with E-state index in [0.717, 1.165) is 10.8 Å². The number of ether oxygens (including phenoxy) is 1. The second-order valence-corrected chi connectivity index (χ2v) is 9.30. The molecular weight excluding hydrogens is 456 g/mol. The number of furan rings is 1. The Morgan fingerprint density at radius 2 is 1.74 bits per heavy atom. The average Bonchev–Trinajstić information content (AvgIpc) is 3.36. The van der Waals surface area contributed by atoms with Gasteiger partial charge in [0.25, 0.3) is 5.91 Å². The molecule has 0 fully saturated rings. The predicted molar refractivity (Wildman–Crippen MR) is 127 cm³/mol. The summed E-state index contributed by atoms with van der Waals surface area (Å²) in [4.78, 5) is 25.0. The van der Waals surface area contributed by atoms with Crippen molar-refractivity contribution in [3.63, 3.8) is 0 Å². The van der Waals surface area contributed by atoms with Crippen LogP contribution in [0, 0.1) is 0 Å². The second-order valence-electron chi connectivity index (χ2n) is 7.53. The Balaban J connectivity index is 1.39. The molecule has 0 spiro atoms. The first-order valence-corrected chi connectivity index (χ1v) is 11.9. The Morgan fingerprint density at radius 1 is 0.941 bits per heavy atom. The molecule has 34 heavy (non-hydrogen) atoms. The van der Waals surface area contributed by atoms with E-state index in [0.29, 0.717) is 11.4 Å². The molecular formula is C25H22N2O6S. The number of anilines is 1. The highest BCUT2D eigenvalue weighted by molar-refractivity contribution is 7.89. The van der Waals surface area contributed by atoms with Crippen molar-refractivity contribution >= 4 is 38.4 Å². The predicted octanol–water partition coefficient (Wildman–Crippen LogP) is 4.10. The Bertz CT molecular complexity index is 1430. The molecule has 4 aromatic rings. The van der Waals surface area contributed by atoms with Crippen LogP contribution in [-0.2, 0) is 26.1 Å². The maximum atomic E-state index is 12.6. The van der Waals surface area contributed by atoms with Gasteiger partial charge < -0.3 is 14.5 Å². The number of rotatable bonds is 8. The molecule has 0 saturated carbocycles. The van der Waals surface area contributed by atoms with Crippen LogP contribution in [0.4, 0.5) is 5.69 Å². The summed E-state index contributed by atoms with van der Waals surface area (Å²) in [6.07, 6.45) is 0.341. The highest BCUT2D eigenvalue weighted by atomic mass is 32.2. The minimum Gasteiger partial charge on any atom is -0.468 e. The molecule has 1 amide bonds. The molecule has 174 valence electrons. The zero-order valence-electron chi connectivity index (χ0n) is 18.2. The Labute approximate surface area is 196 Å². The number of nitrogens with one attached hydrogen (secondary N) is 2. The maximum Gasteiger partial charge on any atom is 0.338 e. The summed E-state index contributed by atoms with van der Waals surface area (Å²) in [7, 11) is -3.89. The minimum atomic E-state index is -3.89. The third-order valence-corrected chi connectivity index (χ3v) is 6.47. The third kappa shape index (κ3) is 5.51. The van der Waals surface area contributed by atoms with E-state index in [4.69, 9.17) is 9.15 Å². The second kappa shape index (κ2) is 9.90. The summed E-state index contributed by atoms with van der Waals surface area (Å²) in [5.41, 5.74) is 0.577. The number of esters is 1. The van der Waals surface area contributed by atoms with Crippen LogP contribution >= 0.6 is 0 Å². The van der Waals surface area contributed by atoms with Gasteiger partial charge in [0.15, 0.2) is 6.10 Å². The van der Waals surface area contributed by atoms with E-state index in [-0.39, 0.29) is 17.0 Å². The molecule has 0 aliphatic rings.